The van der Waals surface area contributed by atoms with E-state index in [0.717, 1.165) is 41.8 Å². The second-order valence-electron chi connectivity index (χ2n) is 8.31. The highest BCUT2D eigenvalue weighted by Gasteiger charge is 2.33. The minimum Gasteiger partial charge on any atom is -0.327 e. The molecule has 2 aromatic carbocycles. The molecule has 9 heteroatoms. The second kappa shape index (κ2) is 7.65. The molecule has 0 N–H and O–H groups in total. The fourth-order valence-electron chi connectivity index (χ4n) is 3.92. The lowest BCUT2D eigenvalue weighted by molar-refractivity contribution is -0.137. The number of hydrogen-bond acceptors (Lipinski definition) is 4. The topological polar surface area (TPSA) is 50.5 Å². The molecule has 1 aliphatic heterocycles. The van der Waals surface area contributed by atoms with Crippen LogP contribution in [0.3, 0.4) is 0 Å². The van der Waals surface area contributed by atoms with Gasteiger partial charge in [0.2, 0.25) is 0 Å². The number of hydrogen-bond donors (Lipinski definition) is 0. The summed E-state index contributed by atoms with van der Waals surface area (Å²) in [6.07, 6.45) is -2.15. The van der Waals surface area contributed by atoms with E-state index in [9.17, 15) is 18.0 Å². The summed E-state index contributed by atoms with van der Waals surface area (Å²) in [7, 11) is 1.79. The highest BCUT2D eigenvalue weighted by molar-refractivity contribution is 8.14. The van der Waals surface area contributed by atoms with Crippen LogP contribution in [0.2, 0.25) is 0 Å². The number of halogens is 3. The molecule has 1 aliphatic carbocycles. The summed E-state index contributed by atoms with van der Waals surface area (Å²) < 4.78 is 41.3. The molecule has 3 aromatic rings. The number of fused-ring (bicyclic) bond motifs is 1. The summed E-state index contributed by atoms with van der Waals surface area (Å²) in [5, 5.41) is 6.09. The van der Waals surface area contributed by atoms with E-state index in [2.05, 4.69) is 10.1 Å². The van der Waals surface area contributed by atoms with E-state index in [1.54, 1.807) is 22.7 Å². The van der Waals surface area contributed by atoms with Gasteiger partial charge in [-0.25, -0.2) is 9.99 Å². The fraction of sp³-hybridized carbons (Fsp3) is 0.348. The number of benzene rings is 2. The Balaban J connectivity index is 1.53. The number of aromatic nitrogens is 2. The van der Waals surface area contributed by atoms with Crippen LogP contribution in [0.4, 0.5) is 18.0 Å². The van der Waals surface area contributed by atoms with Crippen molar-refractivity contribution in [2.75, 3.05) is 6.54 Å². The maximum Gasteiger partial charge on any atom is 0.416 e. The summed E-state index contributed by atoms with van der Waals surface area (Å²) in [5.74, 6) is 0.994. The molecule has 1 aromatic heterocycles. The maximum atomic E-state index is 13.2. The summed E-state index contributed by atoms with van der Waals surface area (Å²) >= 11 is 1.26. The number of hydrazone groups is 1. The largest absolute Gasteiger partial charge is 0.416 e. The Morgan fingerprint density at radius 3 is 2.62 bits per heavy atom. The Hall–Kier alpha value is -2.81. The molecule has 166 valence electrons. The second-order valence-corrected chi connectivity index (χ2v) is 9.61. The molecule has 5 rings (SSSR count). The van der Waals surface area contributed by atoms with Crippen LogP contribution < -0.4 is 0 Å². The van der Waals surface area contributed by atoms with Crippen molar-refractivity contribution in [2.24, 2.45) is 18.1 Å². The highest BCUT2D eigenvalue weighted by Crippen LogP contribution is 2.35. The predicted octanol–water partition coefficient (Wildman–Crippen LogP) is 5.93. The van der Waals surface area contributed by atoms with Crippen LogP contribution in [0.15, 0.2) is 47.6 Å². The van der Waals surface area contributed by atoms with Crippen LogP contribution in [-0.2, 0) is 13.2 Å². The lowest BCUT2D eigenvalue weighted by Crippen LogP contribution is -2.35. The smallest absolute Gasteiger partial charge is 0.327 e. The molecule has 0 radical (unpaired) electrons. The number of alkyl halides is 3. The Kier molecular flexibility index (Phi) is 5.03. The number of carbonyl (C=O) groups is 1. The van der Waals surface area contributed by atoms with Crippen LogP contribution in [0.5, 0.6) is 0 Å². The normalized spacial score (nSPS) is 19.5. The molecule has 5 nitrogen and oxygen atoms in total. The predicted molar refractivity (Wildman–Crippen MR) is 120 cm³/mol. The van der Waals surface area contributed by atoms with Crippen molar-refractivity contribution < 1.29 is 18.0 Å². The molecular formula is C23H21F3N4OS. The monoisotopic (exact) mass is 458 g/mol. The van der Waals surface area contributed by atoms with Crippen LogP contribution in [0.1, 0.15) is 30.9 Å². The number of nitrogens with zero attached hydrogens (tertiary/aromatic N) is 4. The first kappa shape index (κ1) is 21.1. The summed E-state index contributed by atoms with van der Waals surface area (Å²) in [5.41, 5.74) is 2.85. The zero-order valence-corrected chi connectivity index (χ0v) is 18.4. The Bertz CT molecular complexity index is 1250. The average Bonchev–Trinajstić information content (AvgIpc) is 3.51. The fourth-order valence-corrected chi connectivity index (χ4v) is 4.76. The van der Waals surface area contributed by atoms with Gasteiger partial charge in [0, 0.05) is 24.7 Å². The van der Waals surface area contributed by atoms with Crippen molar-refractivity contribution in [3.8, 4) is 11.4 Å². The van der Waals surface area contributed by atoms with E-state index in [1.165, 1.54) is 17.8 Å². The van der Waals surface area contributed by atoms with Gasteiger partial charge in [-0.15, -0.1) is 0 Å². The van der Waals surface area contributed by atoms with Crippen LogP contribution in [-0.4, -0.2) is 37.3 Å². The lowest BCUT2D eigenvalue weighted by Gasteiger charge is -2.27. The molecule has 1 fully saturated rings. The molecule has 1 amide bonds. The first-order valence-electron chi connectivity index (χ1n) is 10.4. The van der Waals surface area contributed by atoms with Crippen LogP contribution >= 0.6 is 11.8 Å². The van der Waals surface area contributed by atoms with Crippen molar-refractivity contribution in [3.05, 3.63) is 53.6 Å². The summed E-state index contributed by atoms with van der Waals surface area (Å²) in [6.45, 7) is 2.60. The lowest BCUT2D eigenvalue weighted by atomic mass is 10.1. The van der Waals surface area contributed by atoms with Crippen LogP contribution in [0.25, 0.3) is 22.4 Å². The van der Waals surface area contributed by atoms with Crippen LogP contribution in [0, 0.1) is 5.92 Å². The Morgan fingerprint density at radius 1 is 1.12 bits per heavy atom. The van der Waals surface area contributed by atoms with E-state index < -0.39 is 11.7 Å². The van der Waals surface area contributed by atoms with Crippen molar-refractivity contribution in [1.82, 2.24) is 14.6 Å². The van der Waals surface area contributed by atoms with E-state index in [1.807, 2.05) is 25.1 Å². The molecule has 1 saturated carbocycles. The Morgan fingerprint density at radius 2 is 1.91 bits per heavy atom. The van der Waals surface area contributed by atoms with Gasteiger partial charge in [-0.1, -0.05) is 30.0 Å². The first-order valence-corrected chi connectivity index (χ1v) is 11.3. The zero-order valence-electron chi connectivity index (χ0n) is 17.6. The summed E-state index contributed by atoms with van der Waals surface area (Å²) in [4.78, 5) is 17.0. The number of aryl methyl sites for hydroxylation is 1. The number of rotatable bonds is 4. The van der Waals surface area contributed by atoms with Gasteiger partial charge in [0.05, 0.1) is 27.6 Å². The summed E-state index contributed by atoms with van der Waals surface area (Å²) in [6, 6.07) is 10.9. The third kappa shape index (κ3) is 3.90. The van der Waals surface area contributed by atoms with Crippen molar-refractivity contribution >= 4 is 33.7 Å². The molecule has 0 spiro atoms. The average molecular weight is 459 g/mol. The van der Waals surface area contributed by atoms with Crippen molar-refractivity contribution in [2.45, 2.75) is 31.2 Å². The molecule has 32 heavy (non-hydrogen) atoms. The van der Waals surface area contributed by atoms with Gasteiger partial charge in [0.25, 0.3) is 0 Å². The molecule has 2 aliphatic rings. The molecule has 0 saturated heterocycles. The van der Waals surface area contributed by atoms with Gasteiger partial charge < -0.3 is 4.57 Å². The molecule has 1 unspecified atom stereocenters. The Labute approximate surface area is 187 Å². The SMILES string of the molecule is CC1SC(=O)N(CC2CC2)N=C1c1ccc2c(c1)nc(-c1cccc(C(F)(F)F)c1)n2C. The third-order valence-electron chi connectivity index (χ3n) is 5.85. The van der Waals surface area contributed by atoms with E-state index in [0.29, 0.717) is 29.4 Å². The van der Waals surface area contributed by atoms with E-state index in [4.69, 9.17) is 0 Å². The number of thioether (sulfide) groups is 1. The van der Waals surface area contributed by atoms with Gasteiger partial charge >= 0.3 is 11.4 Å². The molecule has 1 atom stereocenters. The van der Waals surface area contributed by atoms with Crippen molar-refractivity contribution in [3.63, 3.8) is 0 Å². The maximum absolute atomic E-state index is 13.2. The van der Waals surface area contributed by atoms with Gasteiger partial charge in [0.1, 0.15) is 5.82 Å². The highest BCUT2D eigenvalue weighted by atomic mass is 32.2. The minimum atomic E-state index is -4.41. The molecule has 2 heterocycles. The van der Waals surface area contributed by atoms with Gasteiger partial charge in [0.15, 0.2) is 0 Å². The number of imidazole rings is 1. The zero-order chi connectivity index (χ0) is 22.6. The van der Waals surface area contributed by atoms with E-state index in [-0.39, 0.29) is 10.5 Å². The van der Waals surface area contributed by atoms with Gasteiger partial charge in [-0.3, -0.25) is 4.79 Å². The van der Waals surface area contributed by atoms with Crippen molar-refractivity contribution in [1.29, 1.82) is 0 Å². The number of carbonyl (C=O) groups excluding carboxylic acids is 1. The minimum absolute atomic E-state index is 0.0288. The quantitative estimate of drug-likeness (QED) is 0.487. The standard InChI is InChI=1S/C23H21F3N4OS/c1-13-20(28-30(22(31)32-13)12-14-6-7-14)15-8-9-19-18(11-15)27-21(29(19)2)16-4-3-5-17(10-16)23(24,25)26/h3-5,8-11,13-14H,6-7,12H2,1-2H3. The van der Waals surface area contributed by atoms with Gasteiger partial charge in [-0.05, 0) is 49.9 Å². The van der Waals surface area contributed by atoms with Gasteiger partial charge in [-0.2, -0.15) is 18.3 Å². The molecule has 0 bridgehead atoms. The molecular weight excluding hydrogens is 437 g/mol. The third-order valence-corrected chi connectivity index (χ3v) is 6.84. The number of amides is 1. The first-order chi connectivity index (χ1) is 15.2. The van der Waals surface area contributed by atoms with E-state index >= 15 is 0 Å².